The number of anilines is 1. The summed E-state index contributed by atoms with van der Waals surface area (Å²) in [5.41, 5.74) is 0. The normalized spacial score (nSPS) is 12.2. The maximum absolute atomic E-state index is 11.7. The first-order valence-electron chi connectivity index (χ1n) is 5.62. The molecule has 0 radical (unpaired) electrons. The van der Waals surface area contributed by atoms with E-state index in [1.165, 1.54) is 0 Å². The van der Waals surface area contributed by atoms with Crippen LogP contribution >= 0.6 is 0 Å². The summed E-state index contributed by atoms with van der Waals surface area (Å²) < 4.78 is 10.3. The zero-order chi connectivity index (χ0) is 13.1. The van der Waals surface area contributed by atoms with E-state index in [4.69, 9.17) is 8.94 Å². The van der Waals surface area contributed by atoms with Crippen molar-refractivity contribution in [1.82, 2.24) is 10.5 Å². The third-order valence-corrected chi connectivity index (χ3v) is 2.41. The van der Waals surface area contributed by atoms with Crippen LogP contribution in [-0.4, -0.2) is 11.2 Å². The highest BCUT2D eigenvalue weighted by Crippen LogP contribution is 2.15. The first kappa shape index (κ1) is 12.2. The van der Waals surface area contributed by atoms with E-state index in [1.807, 2.05) is 26.0 Å². The minimum Gasteiger partial charge on any atom is -0.464 e. The minimum absolute atomic E-state index is 0.216. The Balaban J connectivity index is 1.91. The third-order valence-electron chi connectivity index (χ3n) is 2.41. The number of nitrogens with zero attached hydrogens (tertiary/aromatic N) is 1. The van der Waals surface area contributed by atoms with Crippen LogP contribution in [-0.2, 0) is 0 Å². The molecule has 2 amide bonds. The Morgan fingerprint density at radius 2 is 2.11 bits per heavy atom. The summed E-state index contributed by atoms with van der Waals surface area (Å²) >= 11 is 0. The highest BCUT2D eigenvalue weighted by atomic mass is 16.5. The van der Waals surface area contributed by atoms with Crippen molar-refractivity contribution in [2.45, 2.75) is 26.8 Å². The fraction of sp³-hybridized carbons (Fsp3) is 0.333. The van der Waals surface area contributed by atoms with E-state index in [0.29, 0.717) is 17.3 Å². The fourth-order valence-electron chi connectivity index (χ4n) is 1.53. The summed E-state index contributed by atoms with van der Waals surface area (Å²) in [5, 5.41) is 8.98. The van der Waals surface area contributed by atoms with Gasteiger partial charge in [0.1, 0.15) is 17.3 Å². The van der Waals surface area contributed by atoms with Gasteiger partial charge in [0.05, 0.1) is 6.04 Å². The Morgan fingerprint density at radius 1 is 1.33 bits per heavy atom. The smallest absolute Gasteiger partial charge is 0.321 e. The van der Waals surface area contributed by atoms with Crippen molar-refractivity contribution < 1.29 is 13.7 Å². The van der Waals surface area contributed by atoms with Crippen molar-refractivity contribution in [3.05, 3.63) is 35.5 Å². The highest BCUT2D eigenvalue weighted by Gasteiger charge is 2.13. The molecule has 1 atom stereocenters. The Labute approximate surface area is 104 Å². The Kier molecular flexibility index (Phi) is 3.36. The van der Waals surface area contributed by atoms with E-state index >= 15 is 0 Å². The molecule has 0 saturated heterocycles. The Bertz CT molecular complexity index is 544. The average molecular weight is 249 g/mol. The van der Waals surface area contributed by atoms with Gasteiger partial charge in [0.25, 0.3) is 0 Å². The van der Waals surface area contributed by atoms with Crippen molar-refractivity contribution in [3.8, 4) is 0 Å². The molecular formula is C12H15N3O3. The Hall–Kier alpha value is -2.24. The molecular weight excluding hydrogens is 234 g/mol. The van der Waals surface area contributed by atoms with E-state index in [1.54, 1.807) is 13.0 Å². The van der Waals surface area contributed by atoms with Crippen molar-refractivity contribution in [3.63, 3.8) is 0 Å². The lowest BCUT2D eigenvalue weighted by molar-refractivity contribution is 0.247. The number of amides is 2. The first-order valence-corrected chi connectivity index (χ1v) is 5.62. The van der Waals surface area contributed by atoms with E-state index in [0.717, 1.165) is 5.76 Å². The van der Waals surface area contributed by atoms with Crippen molar-refractivity contribution in [1.29, 1.82) is 0 Å². The van der Waals surface area contributed by atoms with Crippen LogP contribution in [0.15, 0.2) is 27.1 Å². The second-order valence-electron chi connectivity index (χ2n) is 4.09. The molecule has 0 spiro atoms. The zero-order valence-electron chi connectivity index (χ0n) is 10.5. The molecule has 2 aromatic rings. The predicted octanol–water partition coefficient (Wildman–Crippen LogP) is 2.77. The van der Waals surface area contributed by atoms with Gasteiger partial charge in [-0.1, -0.05) is 5.16 Å². The molecule has 0 aliphatic heterocycles. The average Bonchev–Trinajstić information content (AvgIpc) is 2.87. The number of nitrogens with one attached hydrogen (secondary N) is 2. The molecule has 2 heterocycles. The minimum atomic E-state index is -0.357. The van der Waals surface area contributed by atoms with E-state index < -0.39 is 0 Å². The molecule has 0 aromatic carbocycles. The monoisotopic (exact) mass is 249 g/mol. The quantitative estimate of drug-likeness (QED) is 0.876. The summed E-state index contributed by atoms with van der Waals surface area (Å²) in [6, 6.07) is 4.75. The summed E-state index contributed by atoms with van der Waals surface area (Å²) in [6.07, 6.45) is 0. The molecule has 0 aliphatic carbocycles. The van der Waals surface area contributed by atoms with E-state index in [9.17, 15) is 4.79 Å². The summed E-state index contributed by atoms with van der Waals surface area (Å²) in [5.74, 6) is 2.54. The number of hydrogen-bond acceptors (Lipinski definition) is 4. The van der Waals surface area contributed by atoms with Crippen molar-refractivity contribution in [2.24, 2.45) is 0 Å². The van der Waals surface area contributed by atoms with Crippen LogP contribution in [0, 0.1) is 13.8 Å². The number of hydrogen-bond donors (Lipinski definition) is 2. The SMILES string of the molecule is Cc1cc(NC(=O)N[C@H](C)c2ccc(C)o2)no1. The van der Waals surface area contributed by atoms with Gasteiger partial charge in [0, 0.05) is 6.07 Å². The highest BCUT2D eigenvalue weighted by molar-refractivity contribution is 5.88. The number of urea groups is 1. The maximum atomic E-state index is 11.7. The van der Waals surface area contributed by atoms with Gasteiger partial charge < -0.3 is 14.3 Å². The number of aryl methyl sites for hydroxylation is 2. The van der Waals surface area contributed by atoms with E-state index in [-0.39, 0.29) is 12.1 Å². The van der Waals surface area contributed by atoms with Gasteiger partial charge in [0.2, 0.25) is 0 Å². The van der Waals surface area contributed by atoms with Gasteiger partial charge >= 0.3 is 6.03 Å². The van der Waals surface area contributed by atoms with Gasteiger partial charge in [0.15, 0.2) is 5.82 Å². The van der Waals surface area contributed by atoms with Gasteiger partial charge in [-0.25, -0.2) is 4.79 Å². The molecule has 0 saturated carbocycles. The zero-order valence-corrected chi connectivity index (χ0v) is 10.5. The molecule has 96 valence electrons. The maximum Gasteiger partial charge on any atom is 0.321 e. The number of carbonyl (C=O) groups is 1. The van der Waals surface area contributed by atoms with Crippen LogP contribution in [0.25, 0.3) is 0 Å². The number of rotatable bonds is 3. The van der Waals surface area contributed by atoms with Crippen LogP contribution in [0.4, 0.5) is 10.6 Å². The molecule has 2 rings (SSSR count). The van der Waals surface area contributed by atoms with Gasteiger partial charge in [-0.3, -0.25) is 5.32 Å². The first-order chi connectivity index (χ1) is 8.54. The lowest BCUT2D eigenvalue weighted by Crippen LogP contribution is -2.31. The number of aromatic nitrogens is 1. The molecule has 18 heavy (non-hydrogen) atoms. The van der Waals surface area contributed by atoms with Crippen molar-refractivity contribution >= 4 is 11.8 Å². The third kappa shape index (κ3) is 2.91. The molecule has 0 bridgehead atoms. The van der Waals surface area contributed by atoms with E-state index in [2.05, 4.69) is 15.8 Å². The van der Waals surface area contributed by atoms with Crippen molar-refractivity contribution in [2.75, 3.05) is 5.32 Å². The molecule has 2 N–H and O–H groups in total. The number of carbonyl (C=O) groups excluding carboxylic acids is 1. The second-order valence-corrected chi connectivity index (χ2v) is 4.09. The lowest BCUT2D eigenvalue weighted by atomic mass is 10.2. The summed E-state index contributed by atoms with van der Waals surface area (Å²) in [6.45, 7) is 5.45. The summed E-state index contributed by atoms with van der Waals surface area (Å²) in [7, 11) is 0. The van der Waals surface area contributed by atoms with Crippen LogP contribution in [0.1, 0.15) is 30.2 Å². The molecule has 0 fully saturated rings. The summed E-state index contributed by atoms with van der Waals surface area (Å²) in [4.78, 5) is 11.7. The van der Waals surface area contributed by atoms with Gasteiger partial charge in [-0.05, 0) is 32.9 Å². The molecule has 0 aliphatic rings. The molecule has 6 heteroatoms. The molecule has 6 nitrogen and oxygen atoms in total. The van der Waals surface area contributed by atoms with Crippen LogP contribution in [0.3, 0.4) is 0 Å². The largest absolute Gasteiger partial charge is 0.464 e. The van der Waals surface area contributed by atoms with Crippen LogP contribution in [0.5, 0.6) is 0 Å². The fourth-order valence-corrected chi connectivity index (χ4v) is 1.53. The number of furan rings is 1. The van der Waals surface area contributed by atoms with Gasteiger partial charge in [-0.2, -0.15) is 0 Å². The molecule has 0 unspecified atom stereocenters. The topological polar surface area (TPSA) is 80.3 Å². The lowest BCUT2D eigenvalue weighted by Gasteiger charge is -2.11. The Morgan fingerprint density at radius 3 is 2.67 bits per heavy atom. The predicted molar refractivity (Wildman–Crippen MR) is 65.3 cm³/mol. The second kappa shape index (κ2) is 4.95. The van der Waals surface area contributed by atoms with Crippen LogP contribution in [0.2, 0.25) is 0 Å². The van der Waals surface area contributed by atoms with Gasteiger partial charge in [-0.15, -0.1) is 0 Å². The standard InChI is InChI=1S/C12H15N3O3/c1-7-4-5-10(17-7)9(3)13-12(16)14-11-6-8(2)18-15-11/h4-6,9H,1-3H3,(H2,13,14,15,16)/t9-/m1/s1. The van der Waals surface area contributed by atoms with Crippen LogP contribution < -0.4 is 10.6 Å². The molecule has 2 aromatic heterocycles.